The van der Waals surface area contributed by atoms with Crippen molar-refractivity contribution in [2.45, 2.75) is 46.7 Å². The van der Waals surface area contributed by atoms with E-state index in [4.69, 9.17) is 5.73 Å². The minimum absolute atomic E-state index is 0.0485. The second kappa shape index (κ2) is 9.76. The molecule has 2 atom stereocenters. The summed E-state index contributed by atoms with van der Waals surface area (Å²) in [5.41, 5.74) is 3.70. The smallest absolute Gasteiger partial charge is 0.326 e. The van der Waals surface area contributed by atoms with E-state index < -0.39 is 46.2 Å². The standard InChI is InChI=1S/C23H29N7O6/c1-22(2,23(3,4)20(35)36)15(19(33)34)28-17(31)11-5-7-12(8-6-11)25-9-13-10-26-16-14(27-13)18(32)30-21(24)29-16/h5,7-8,10-11,15,25H,6,9H2,1-4H3,(H,28,31)(H,33,34)(H,35,36)(H3,24,26,29,30,32). The summed E-state index contributed by atoms with van der Waals surface area (Å²) < 4.78 is 0. The normalized spacial score (nSPS) is 16.8. The number of H-pyrrole nitrogens is 1. The zero-order valence-electron chi connectivity index (χ0n) is 20.3. The fraction of sp³-hybridized carbons (Fsp3) is 0.435. The SMILES string of the molecule is CC(C)(C(=O)O)C(C)(C)C(NC(=O)C1C=CC(NCc2cnc3nc(N)[nH]c(=O)c3n2)=CC1)C(=O)O. The number of carbonyl (C=O) groups is 3. The minimum Gasteiger partial charge on any atom is -0.481 e. The van der Waals surface area contributed by atoms with Gasteiger partial charge in [-0.15, -0.1) is 0 Å². The van der Waals surface area contributed by atoms with Crippen LogP contribution in [0.4, 0.5) is 5.95 Å². The highest BCUT2D eigenvalue weighted by molar-refractivity contribution is 5.88. The predicted molar refractivity (Wildman–Crippen MR) is 129 cm³/mol. The number of fused-ring (bicyclic) bond motifs is 1. The van der Waals surface area contributed by atoms with Crippen LogP contribution in [0.2, 0.25) is 0 Å². The Morgan fingerprint density at radius 2 is 1.92 bits per heavy atom. The minimum atomic E-state index is -1.41. The fourth-order valence-corrected chi connectivity index (χ4v) is 3.63. The number of nitrogens with zero attached hydrogens (tertiary/aromatic N) is 3. The van der Waals surface area contributed by atoms with Gasteiger partial charge in [0.15, 0.2) is 11.2 Å². The van der Waals surface area contributed by atoms with E-state index in [0.717, 1.165) is 0 Å². The van der Waals surface area contributed by atoms with Crippen molar-refractivity contribution in [3.05, 3.63) is 46.2 Å². The van der Waals surface area contributed by atoms with E-state index in [1.54, 1.807) is 18.2 Å². The molecule has 1 aliphatic carbocycles. The quantitative estimate of drug-likeness (QED) is 0.280. The van der Waals surface area contributed by atoms with E-state index >= 15 is 0 Å². The van der Waals surface area contributed by atoms with Crippen LogP contribution < -0.4 is 21.9 Å². The van der Waals surface area contributed by atoms with Gasteiger partial charge in [0.05, 0.1) is 29.8 Å². The van der Waals surface area contributed by atoms with E-state index in [9.17, 15) is 29.4 Å². The van der Waals surface area contributed by atoms with Gasteiger partial charge in [0.25, 0.3) is 5.56 Å². The maximum Gasteiger partial charge on any atom is 0.326 e. The number of aliphatic carboxylic acids is 2. The molecule has 7 N–H and O–H groups in total. The van der Waals surface area contributed by atoms with E-state index in [0.29, 0.717) is 17.8 Å². The van der Waals surface area contributed by atoms with Crippen molar-refractivity contribution in [3.63, 3.8) is 0 Å². The lowest BCUT2D eigenvalue weighted by Gasteiger charge is -2.42. The number of aromatic amines is 1. The summed E-state index contributed by atoms with van der Waals surface area (Å²) in [4.78, 5) is 63.1. The van der Waals surface area contributed by atoms with Crippen molar-refractivity contribution in [2.24, 2.45) is 16.7 Å². The van der Waals surface area contributed by atoms with Crippen LogP contribution in [-0.4, -0.2) is 54.0 Å². The zero-order chi connectivity index (χ0) is 26.8. The first kappa shape index (κ1) is 26.3. The Kier molecular flexibility index (Phi) is 7.13. The molecule has 0 bridgehead atoms. The molecule has 0 aliphatic heterocycles. The lowest BCUT2D eigenvalue weighted by atomic mass is 9.63. The number of nitrogen functional groups attached to an aromatic ring is 1. The zero-order valence-corrected chi connectivity index (χ0v) is 20.3. The average molecular weight is 500 g/mol. The molecule has 2 aromatic rings. The molecular formula is C23H29N7O6. The van der Waals surface area contributed by atoms with Crippen LogP contribution in [0.3, 0.4) is 0 Å². The maximum absolute atomic E-state index is 12.8. The third-order valence-electron chi connectivity index (χ3n) is 6.80. The van der Waals surface area contributed by atoms with Crippen LogP contribution in [0, 0.1) is 16.7 Å². The van der Waals surface area contributed by atoms with Gasteiger partial charge in [-0.2, -0.15) is 4.98 Å². The van der Waals surface area contributed by atoms with Gasteiger partial charge in [-0.25, -0.2) is 14.8 Å². The maximum atomic E-state index is 12.8. The third-order valence-corrected chi connectivity index (χ3v) is 6.80. The monoisotopic (exact) mass is 499 g/mol. The second-order valence-electron chi connectivity index (χ2n) is 9.63. The molecule has 0 saturated carbocycles. The van der Waals surface area contributed by atoms with Crippen LogP contribution in [0.25, 0.3) is 11.2 Å². The Balaban J connectivity index is 1.63. The highest BCUT2D eigenvalue weighted by Gasteiger charge is 2.51. The number of carboxylic acids is 2. The molecule has 0 saturated heterocycles. The highest BCUT2D eigenvalue weighted by Crippen LogP contribution is 2.42. The summed E-state index contributed by atoms with van der Waals surface area (Å²) in [6.07, 6.45) is 6.85. The number of allylic oxidation sites excluding steroid dienone is 2. The van der Waals surface area contributed by atoms with Crippen LogP contribution >= 0.6 is 0 Å². The summed E-state index contributed by atoms with van der Waals surface area (Å²) in [6, 6.07) is -1.41. The molecule has 13 nitrogen and oxygen atoms in total. The molecule has 3 rings (SSSR count). The molecular weight excluding hydrogens is 470 g/mol. The number of aromatic nitrogens is 4. The van der Waals surface area contributed by atoms with Gasteiger partial charge >= 0.3 is 11.9 Å². The van der Waals surface area contributed by atoms with Gasteiger partial charge in [0.2, 0.25) is 11.9 Å². The first-order chi connectivity index (χ1) is 16.7. The Labute approximate surface area is 205 Å². The third kappa shape index (κ3) is 5.19. The number of amides is 1. The Morgan fingerprint density at radius 1 is 1.22 bits per heavy atom. The van der Waals surface area contributed by atoms with Gasteiger partial charge in [-0.3, -0.25) is 19.4 Å². The first-order valence-electron chi connectivity index (χ1n) is 11.1. The summed E-state index contributed by atoms with van der Waals surface area (Å²) in [7, 11) is 0. The second-order valence-corrected chi connectivity index (χ2v) is 9.63. The van der Waals surface area contributed by atoms with Crippen LogP contribution in [0.15, 0.2) is 34.9 Å². The van der Waals surface area contributed by atoms with Crippen molar-refractivity contribution in [3.8, 4) is 0 Å². The first-order valence-corrected chi connectivity index (χ1v) is 11.1. The number of nitrogens with two attached hydrogens (primary N) is 1. The largest absolute Gasteiger partial charge is 0.481 e. The van der Waals surface area contributed by atoms with Gasteiger partial charge < -0.3 is 26.6 Å². The summed E-state index contributed by atoms with van der Waals surface area (Å²) in [5, 5.41) is 24.9. The molecule has 2 unspecified atom stereocenters. The van der Waals surface area contributed by atoms with Crippen molar-refractivity contribution >= 4 is 35.0 Å². The molecule has 0 aromatic carbocycles. The molecule has 2 heterocycles. The Morgan fingerprint density at radius 3 is 2.50 bits per heavy atom. The summed E-state index contributed by atoms with van der Waals surface area (Å²) in [5.74, 6) is -3.67. The van der Waals surface area contributed by atoms with E-state index in [1.165, 1.54) is 33.9 Å². The van der Waals surface area contributed by atoms with Gasteiger partial charge in [-0.05, 0) is 26.3 Å². The molecule has 0 spiro atoms. The van der Waals surface area contributed by atoms with E-state index in [1.807, 2.05) is 0 Å². The lowest BCUT2D eigenvalue weighted by Crippen LogP contribution is -2.58. The molecule has 0 fully saturated rings. The number of carbonyl (C=O) groups excluding carboxylic acids is 1. The van der Waals surface area contributed by atoms with Gasteiger partial charge in [0, 0.05) is 11.1 Å². The molecule has 0 radical (unpaired) electrons. The summed E-state index contributed by atoms with van der Waals surface area (Å²) in [6.45, 7) is 6.13. The molecule has 1 aliphatic rings. The molecule has 13 heteroatoms. The van der Waals surface area contributed by atoms with Crippen molar-refractivity contribution in [1.29, 1.82) is 0 Å². The number of rotatable bonds is 9. The van der Waals surface area contributed by atoms with Crippen LogP contribution in [0.1, 0.15) is 39.8 Å². The topological polar surface area (TPSA) is 213 Å². The van der Waals surface area contributed by atoms with Crippen molar-refractivity contribution < 1.29 is 24.6 Å². The lowest BCUT2D eigenvalue weighted by molar-refractivity contribution is -0.161. The van der Waals surface area contributed by atoms with Crippen LogP contribution in [0.5, 0.6) is 0 Å². The number of hydrogen-bond acceptors (Lipinski definition) is 9. The van der Waals surface area contributed by atoms with Crippen LogP contribution in [-0.2, 0) is 20.9 Å². The summed E-state index contributed by atoms with van der Waals surface area (Å²) >= 11 is 0. The molecule has 192 valence electrons. The van der Waals surface area contributed by atoms with E-state index in [2.05, 4.69) is 30.6 Å². The van der Waals surface area contributed by atoms with Gasteiger partial charge in [0.1, 0.15) is 6.04 Å². The number of hydrogen-bond donors (Lipinski definition) is 6. The van der Waals surface area contributed by atoms with Gasteiger partial charge in [-0.1, -0.05) is 26.0 Å². The molecule has 36 heavy (non-hydrogen) atoms. The fourth-order valence-electron chi connectivity index (χ4n) is 3.63. The average Bonchev–Trinajstić information content (AvgIpc) is 2.80. The Bertz CT molecular complexity index is 1330. The number of carboxylic acid groups (broad SMARTS) is 2. The van der Waals surface area contributed by atoms with Crippen molar-refractivity contribution in [1.82, 2.24) is 30.6 Å². The number of anilines is 1. The van der Waals surface area contributed by atoms with Crippen molar-refractivity contribution in [2.75, 3.05) is 5.73 Å². The molecule has 1 amide bonds. The molecule has 2 aromatic heterocycles. The predicted octanol–water partition coefficient (Wildman–Crippen LogP) is 0.551. The Hall–Kier alpha value is -4.29. The number of nitrogens with one attached hydrogen (secondary N) is 3. The highest BCUT2D eigenvalue weighted by atomic mass is 16.4. The van der Waals surface area contributed by atoms with E-state index in [-0.39, 0.29) is 23.7 Å².